The van der Waals surface area contributed by atoms with E-state index >= 15 is 0 Å². The van der Waals surface area contributed by atoms with Gasteiger partial charge in [0.05, 0.1) is 0 Å². The van der Waals surface area contributed by atoms with Gasteiger partial charge in [0.1, 0.15) is 0 Å². The molecule has 0 saturated heterocycles. The van der Waals surface area contributed by atoms with Crippen molar-refractivity contribution in [3.05, 3.63) is 59.7 Å². The van der Waals surface area contributed by atoms with E-state index in [-0.39, 0.29) is 12.4 Å². The lowest BCUT2D eigenvalue weighted by atomic mass is 10.2. The highest BCUT2D eigenvalue weighted by atomic mass is 35.5. The molecule has 0 unspecified atom stereocenters. The van der Waals surface area contributed by atoms with E-state index in [1.165, 1.54) is 16.0 Å². The van der Waals surface area contributed by atoms with Crippen LogP contribution in [0.5, 0.6) is 0 Å². The van der Waals surface area contributed by atoms with Crippen LogP contribution in [0.25, 0.3) is 0 Å². The van der Waals surface area contributed by atoms with E-state index in [4.69, 9.17) is 5.73 Å². The molecule has 2 rings (SSSR count). The van der Waals surface area contributed by atoms with Gasteiger partial charge in [0.25, 0.3) is 0 Å². The third-order valence-electron chi connectivity index (χ3n) is 2.35. The normalized spacial score (nSPS) is 9.71. The summed E-state index contributed by atoms with van der Waals surface area (Å²) >= 11 is 1.84. The molecule has 0 heterocycles. The zero-order valence-corrected chi connectivity index (χ0v) is 11.4. The molecule has 2 aromatic carbocycles. The average Bonchev–Trinajstić information content (AvgIpc) is 2.27. The summed E-state index contributed by atoms with van der Waals surface area (Å²) in [6.07, 6.45) is 0. The molecule has 2 aromatic rings. The van der Waals surface area contributed by atoms with Crippen molar-refractivity contribution < 1.29 is 0 Å². The molecule has 0 radical (unpaired) electrons. The second-order valence-electron chi connectivity index (χ2n) is 3.85. The smallest absolute Gasteiger partial charge is 0.0317 e. The maximum Gasteiger partial charge on any atom is 0.0317 e. The first-order chi connectivity index (χ1) is 7.74. The van der Waals surface area contributed by atoms with Gasteiger partial charge in [-0.2, -0.15) is 0 Å². The van der Waals surface area contributed by atoms with Crippen molar-refractivity contribution in [3.63, 3.8) is 0 Å². The maximum atomic E-state index is 5.74. The van der Waals surface area contributed by atoms with Gasteiger partial charge in [0.15, 0.2) is 0 Å². The van der Waals surface area contributed by atoms with Crippen LogP contribution in [0.4, 0.5) is 5.69 Å². The van der Waals surface area contributed by atoms with Crippen LogP contribution in [-0.2, 0) is 5.75 Å². The molecule has 0 saturated carbocycles. The molecule has 1 nitrogen and oxygen atoms in total. The fourth-order valence-corrected chi connectivity index (χ4v) is 2.51. The van der Waals surface area contributed by atoms with E-state index in [2.05, 4.69) is 37.3 Å². The SMILES string of the molecule is Cc1cccc(SCc2cccc(N)c2)c1.Cl. The van der Waals surface area contributed by atoms with E-state index in [1.54, 1.807) is 0 Å². The Kier molecular flexibility index (Phi) is 5.39. The van der Waals surface area contributed by atoms with E-state index in [0.717, 1.165) is 11.4 Å². The van der Waals surface area contributed by atoms with Crippen LogP contribution in [0.3, 0.4) is 0 Å². The Morgan fingerprint density at radius 1 is 1.06 bits per heavy atom. The summed E-state index contributed by atoms with van der Waals surface area (Å²) in [5.41, 5.74) is 9.15. The summed E-state index contributed by atoms with van der Waals surface area (Å²) < 4.78 is 0. The van der Waals surface area contributed by atoms with Crippen LogP contribution in [-0.4, -0.2) is 0 Å². The summed E-state index contributed by atoms with van der Waals surface area (Å²) in [5, 5.41) is 0. The number of thioether (sulfide) groups is 1. The van der Waals surface area contributed by atoms with Crippen LogP contribution in [0.2, 0.25) is 0 Å². The molecule has 0 aromatic heterocycles. The topological polar surface area (TPSA) is 26.0 Å². The number of hydrogen-bond donors (Lipinski definition) is 1. The Labute approximate surface area is 113 Å². The van der Waals surface area contributed by atoms with E-state index < -0.39 is 0 Å². The lowest BCUT2D eigenvalue weighted by Crippen LogP contribution is -1.86. The number of anilines is 1. The first-order valence-electron chi connectivity index (χ1n) is 5.28. The van der Waals surface area contributed by atoms with Crippen LogP contribution in [0.15, 0.2) is 53.4 Å². The van der Waals surface area contributed by atoms with Gasteiger partial charge >= 0.3 is 0 Å². The highest BCUT2D eigenvalue weighted by Gasteiger charge is 1.97. The molecule has 90 valence electrons. The van der Waals surface area contributed by atoms with E-state index in [1.807, 2.05) is 30.0 Å². The number of benzene rings is 2. The van der Waals surface area contributed by atoms with Crippen molar-refractivity contribution in [2.45, 2.75) is 17.6 Å². The first kappa shape index (κ1) is 13.9. The van der Waals surface area contributed by atoms with E-state index in [9.17, 15) is 0 Å². The van der Waals surface area contributed by atoms with Crippen molar-refractivity contribution >= 4 is 29.9 Å². The molecule has 3 heteroatoms. The van der Waals surface area contributed by atoms with Gasteiger partial charge in [-0.1, -0.05) is 29.8 Å². The second-order valence-corrected chi connectivity index (χ2v) is 4.90. The lowest BCUT2D eigenvalue weighted by Gasteiger charge is -2.03. The van der Waals surface area contributed by atoms with Gasteiger partial charge in [-0.25, -0.2) is 0 Å². The van der Waals surface area contributed by atoms with Crippen LogP contribution >= 0.6 is 24.2 Å². The molecule has 0 fully saturated rings. The number of aryl methyl sites for hydroxylation is 1. The van der Waals surface area contributed by atoms with Gasteiger partial charge < -0.3 is 5.73 Å². The van der Waals surface area contributed by atoms with Crippen molar-refractivity contribution in [1.82, 2.24) is 0 Å². The first-order valence-corrected chi connectivity index (χ1v) is 6.26. The highest BCUT2D eigenvalue weighted by molar-refractivity contribution is 7.98. The molecule has 0 aliphatic rings. The third-order valence-corrected chi connectivity index (χ3v) is 3.41. The number of hydrogen-bond acceptors (Lipinski definition) is 2. The van der Waals surface area contributed by atoms with Crippen LogP contribution < -0.4 is 5.73 Å². The van der Waals surface area contributed by atoms with Gasteiger partial charge in [0, 0.05) is 16.3 Å². The van der Waals surface area contributed by atoms with Gasteiger partial charge in [-0.05, 0) is 36.8 Å². The van der Waals surface area contributed by atoms with Gasteiger partial charge in [-0.15, -0.1) is 24.2 Å². The molecular weight excluding hydrogens is 250 g/mol. The Hall–Kier alpha value is -1.12. The summed E-state index contributed by atoms with van der Waals surface area (Å²) in [6.45, 7) is 2.12. The number of nitrogens with two attached hydrogens (primary N) is 1. The molecule has 0 aliphatic carbocycles. The quantitative estimate of drug-likeness (QED) is 0.662. The Morgan fingerprint density at radius 3 is 2.53 bits per heavy atom. The van der Waals surface area contributed by atoms with Crippen molar-refractivity contribution in [1.29, 1.82) is 0 Å². The Bertz CT molecular complexity index is 440. The van der Waals surface area contributed by atoms with Crippen molar-refractivity contribution in [2.75, 3.05) is 5.73 Å². The molecule has 0 aliphatic heterocycles. The Balaban J connectivity index is 0.00000144. The predicted molar refractivity (Wildman–Crippen MR) is 78.8 cm³/mol. The summed E-state index contributed by atoms with van der Waals surface area (Å²) in [6, 6.07) is 16.6. The largest absolute Gasteiger partial charge is 0.399 e. The number of nitrogen functional groups attached to an aromatic ring is 1. The summed E-state index contributed by atoms with van der Waals surface area (Å²) in [4.78, 5) is 1.31. The zero-order chi connectivity index (χ0) is 11.4. The molecule has 0 amide bonds. The van der Waals surface area contributed by atoms with Crippen LogP contribution in [0, 0.1) is 6.92 Å². The minimum Gasteiger partial charge on any atom is -0.399 e. The lowest BCUT2D eigenvalue weighted by molar-refractivity contribution is 1.34. The van der Waals surface area contributed by atoms with Gasteiger partial charge in [-0.3, -0.25) is 0 Å². The van der Waals surface area contributed by atoms with Gasteiger partial charge in [0.2, 0.25) is 0 Å². The summed E-state index contributed by atoms with van der Waals surface area (Å²) in [5.74, 6) is 0.967. The predicted octanol–water partition coefficient (Wildman–Crippen LogP) is 4.29. The van der Waals surface area contributed by atoms with Crippen molar-refractivity contribution in [2.24, 2.45) is 0 Å². The highest BCUT2D eigenvalue weighted by Crippen LogP contribution is 2.24. The fourth-order valence-electron chi connectivity index (χ4n) is 1.55. The van der Waals surface area contributed by atoms with Crippen molar-refractivity contribution in [3.8, 4) is 0 Å². The molecule has 0 atom stereocenters. The molecular formula is C14H16ClNS. The Morgan fingerprint density at radius 2 is 1.82 bits per heavy atom. The summed E-state index contributed by atoms with van der Waals surface area (Å²) in [7, 11) is 0. The molecule has 0 bridgehead atoms. The standard InChI is InChI=1S/C14H15NS.ClH/c1-11-4-2-7-14(8-11)16-10-12-5-3-6-13(15)9-12;/h2-9H,10,15H2,1H3;1H. The zero-order valence-electron chi connectivity index (χ0n) is 9.72. The monoisotopic (exact) mass is 265 g/mol. The number of halogens is 1. The third kappa shape index (κ3) is 4.33. The molecule has 17 heavy (non-hydrogen) atoms. The van der Waals surface area contributed by atoms with Crippen LogP contribution in [0.1, 0.15) is 11.1 Å². The second kappa shape index (κ2) is 6.58. The maximum absolute atomic E-state index is 5.74. The fraction of sp³-hybridized carbons (Fsp3) is 0.143. The average molecular weight is 266 g/mol. The minimum atomic E-state index is 0. The molecule has 0 spiro atoms. The molecule has 2 N–H and O–H groups in total. The number of rotatable bonds is 3. The minimum absolute atomic E-state index is 0. The van der Waals surface area contributed by atoms with E-state index in [0.29, 0.717) is 0 Å².